The predicted molar refractivity (Wildman–Crippen MR) is 98.0 cm³/mol. The third kappa shape index (κ3) is 3.35. The molecule has 1 aromatic carbocycles. The topological polar surface area (TPSA) is 29.2 Å². The van der Waals surface area contributed by atoms with E-state index >= 15 is 0 Å². The Kier molecular flexibility index (Phi) is 4.71. The molecule has 2 N–H and O–H groups in total. The number of carbonyl (C=O) groups is 1. The average Bonchev–Trinajstić information content (AvgIpc) is 2.49. The zero-order chi connectivity index (χ0) is 17.5. The highest BCUT2D eigenvalue weighted by Crippen LogP contribution is 2.43. The number of hydrogen-bond donors (Lipinski definition) is 2. The van der Waals surface area contributed by atoms with Gasteiger partial charge in [0.1, 0.15) is 26.2 Å². The van der Waals surface area contributed by atoms with Gasteiger partial charge in [-0.05, 0) is 44.7 Å². The fourth-order valence-electron chi connectivity index (χ4n) is 4.52. The van der Waals surface area contributed by atoms with Gasteiger partial charge in [0, 0.05) is 11.2 Å². The van der Waals surface area contributed by atoms with E-state index in [1.807, 2.05) is 0 Å². The molecule has 1 atom stereocenters. The van der Waals surface area contributed by atoms with Crippen LogP contribution in [-0.2, 0) is 4.79 Å². The van der Waals surface area contributed by atoms with Crippen LogP contribution in [0.25, 0.3) is 0 Å². The maximum atomic E-state index is 13.2. The van der Waals surface area contributed by atoms with Crippen LogP contribution < -0.4 is 14.7 Å². The van der Waals surface area contributed by atoms with Crippen LogP contribution in [0.5, 0.6) is 0 Å². The monoisotopic (exact) mass is 331 g/mol. The minimum absolute atomic E-state index is 0.115. The Morgan fingerprint density at radius 1 is 1.25 bits per heavy atom. The maximum absolute atomic E-state index is 13.2. The van der Waals surface area contributed by atoms with Crippen LogP contribution in [0.15, 0.2) is 18.2 Å². The first-order valence-corrected chi connectivity index (χ1v) is 9.36. The summed E-state index contributed by atoms with van der Waals surface area (Å²) in [6, 6.07) is 6.56. The molecule has 3 rings (SSSR count). The number of piperazine rings is 1. The zero-order valence-corrected chi connectivity index (χ0v) is 15.9. The minimum atomic E-state index is -0.115. The van der Waals surface area contributed by atoms with E-state index in [1.54, 1.807) is 4.90 Å². The molecule has 4 heteroatoms. The summed E-state index contributed by atoms with van der Waals surface area (Å²) >= 11 is 0. The molecule has 132 valence electrons. The minimum Gasteiger partial charge on any atom is -0.328 e. The van der Waals surface area contributed by atoms with Crippen molar-refractivity contribution in [3.8, 4) is 0 Å². The van der Waals surface area contributed by atoms with Gasteiger partial charge in [0.25, 0.3) is 5.91 Å². The summed E-state index contributed by atoms with van der Waals surface area (Å²) < 4.78 is 0. The van der Waals surface area contributed by atoms with Crippen molar-refractivity contribution in [2.45, 2.75) is 45.6 Å². The molecule has 0 saturated carbocycles. The Bertz CT molecular complexity index is 617. The quantitative estimate of drug-likeness (QED) is 0.787. The average molecular weight is 332 g/mol. The van der Waals surface area contributed by atoms with E-state index in [0.29, 0.717) is 12.5 Å². The molecule has 24 heavy (non-hydrogen) atoms. The molecular formula is C20H33N3O+2. The molecule has 1 amide bonds. The van der Waals surface area contributed by atoms with Crippen molar-refractivity contribution in [2.24, 2.45) is 0 Å². The SMILES string of the molecule is Cc1ccc2c(c1)[C@@H](C)CC(C)(C)N2C(=O)C[NH+]1CC[NH+](C)CC1. The number of rotatable bonds is 2. The van der Waals surface area contributed by atoms with Crippen molar-refractivity contribution >= 4 is 11.6 Å². The van der Waals surface area contributed by atoms with E-state index in [2.05, 4.69) is 57.8 Å². The van der Waals surface area contributed by atoms with Gasteiger partial charge < -0.3 is 14.7 Å². The second-order valence-electron chi connectivity index (χ2n) is 8.59. The maximum Gasteiger partial charge on any atom is 0.282 e. The molecule has 0 radical (unpaired) electrons. The van der Waals surface area contributed by atoms with E-state index < -0.39 is 0 Å². The number of fused-ring (bicyclic) bond motifs is 1. The number of nitrogens with zero attached hydrogens (tertiary/aromatic N) is 1. The summed E-state index contributed by atoms with van der Waals surface area (Å²) in [4.78, 5) is 18.3. The van der Waals surface area contributed by atoms with Crippen LogP contribution in [0, 0.1) is 6.92 Å². The van der Waals surface area contributed by atoms with E-state index in [9.17, 15) is 4.79 Å². The highest BCUT2D eigenvalue weighted by molar-refractivity contribution is 5.97. The molecule has 0 bridgehead atoms. The van der Waals surface area contributed by atoms with Crippen molar-refractivity contribution in [1.82, 2.24) is 0 Å². The number of aryl methyl sites for hydroxylation is 1. The van der Waals surface area contributed by atoms with Gasteiger partial charge in [0.15, 0.2) is 6.54 Å². The van der Waals surface area contributed by atoms with Gasteiger partial charge >= 0.3 is 0 Å². The largest absolute Gasteiger partial charge is 0.328 e. The van der Waals surface area contributed by atoms with Crippen molar-refractivity contribution < 1.29 is 14.6 Å². The Morgan fingerprint density at radius 2 is 1.92 bits per heavy atom. The van der Waals surface area contributed by atoms with E-state index in [-0.39, 0.29) is 11.4 Å². The molecule has 4 nitrogen and oxygen atoms in total. The van der Waals surface area contributed by atoms with Gasteiger partial charge in [-0.15, -0.1) is 0 Å². The van der Waals surface area contributed by atoms with Crippen LogP contribution in [0.4, 0.5) is 5.69 Å². The van der Waals surface area contributed by atoms with Crippen LogP contribution >= 0.6 is 0 Å². The van der Waals surface area contributed by atoms with Crippen molar-refractivity contribution in [1.29, 1.82) is 0 Å². The number of hydrogen-bond acceptors (Lipinski definition) is 1. The first-order valence-electron chi connectivity index (χ1n) is 9.36. The summed E-state index contributed by atoms with van der Waals surface area (Å²) in [6.45, 7) is 14.0. The summed E-state index contributed by atoms with van der Waals surface area (Å²) in [5.74, 6) is 0.782. The lowest BCUT2D eigenvalue weighted by atomic mass is 9.79. The lowest BCUT2D eigenvalue weighted by Gasteiger charge is -2.46. The molecule has 0 aromatic heterocycles. The Balaban J connectivity index is 1.85. The van der Waals surface area contributed by atoms with E-state index in [0.717, 1.165) is 25.2 Å². The molecule has 0 aliphatic carbocycles. The molecule has 0 unspecified atom stereocenters. The van der Waals surface area contributed by atoms with Crippen LogP contribution in [-0.4, -0.2) is 51.2 Å². The van der Waals surface area contributed by atoms with Gasteiger partial charge in [-0.1, -0.05) is 24.6 Å². The van der Waals surface area contributed by atoms with Gasteiger partial charge in [-0.25, -0.2) is 0 Å². The molecule has 0 spiro atoms. The predicted octanol–water partition coefficient (Wildman–Crippen LogP) is 0.0270. The summed E-state index contributed by atoms with van der Waals surface area (Å²) in [5.41, 5.74) is 3.63. The molecule has 1 fully saturated rings. The molecular weight excluding hydrogens is 298 g/mol. The number of nitrogens with one attached hydrogen (secondary N) is 2. The van der Waals surface area contributed by atoms with E-state index in [1.165, 1.54) is 29.1 Å². The molecule has 1 saturated heterocycles. The first kappa shape index (κ1) is 17.4. The Hall–Kier alpha value is -1.39. The Labute approximate surface area is 146 Å². The number of quaternary nitrogens is 2. The number of anilines is 1. The van der Waals surface area contributed by atoms with Gasteiger partial charge in [0.05, 0.1) is 7.05 Å². The fraction of sp³-hybridized carbons (Fsp3) is 0.650. The lowest BCUT2D eigenvalue weighted by Crippen LogP contribution is -3.27. The molecule has 2 aliphatic heterocycles. The third-order valence-corrected chi connectivity index (χ3v) is 5.83. The molecule has 2 aliphatic rings. The van der Waals surface area contributed by atoms with E-state index in [4.69, 9.17) is 0 Å². The molecule has 1 aromatic rings. The summed E-state index contributed by atoms with van der Waals surface area (Å²) in [5, 5.41) is 0. The molecule has 2 heterocycles. The van der Waals surface area contributed by atoms with Crippen LogP contribution in [0.3, 0.4) is 0 Å². The highest BCUT2D eigenvalue weighted by Gasteiger charge is 2.41. The fourth-order valence-corrected chi connectivity index (χ4v) is 4.52. The highest BCUT2D eigenvalue weighted by atomic mass is 16.2. The normalized spacial score (nSPS) is 29.2. The third-order valence-electron chi connectivity index (χ3n) is 5.83. The van der Waals surface area contributed by atoms with Gasteiger partial charge in [0.2, 0.25) is 0 Å². The number of amides is 1. The smallest absolute Gasteiger partial charge is 0.282 e. The van der Waals surface area contributed by atoms with Gasteiger partial charge in [-0.2, -0.15) is 0 Å². The number of benzene rings is 1. The second kappa shape index (κ2) is 6.49. The van der Waals surface area contributed by atoms with Crippen LogP contribution in [0.1, 0.15) is 44.2 Å². The zero-order valence-electron chi connectivity index (χ0n) is 15.9. The van der Waals surface area contributed by atoms with Crippen molar-refractivity contribution in [3.63, 3.8) is 0 Å². The first-order chi connectivity index (χ1) is 11.3. The number of likely N-dealkylation sites (N-methyl/N-ethyl adjacent to an activating group) is 1. The van der Waals surface area contributed by atoms with Crippen molar-refractivity contribution in [3.05, 3.63) is 29.3 Å². The summed E-state index contributed by atoms with van der Waals surface area (Å²) in [6.07, 6.45) is 1.03. The lowest BCUT2D eigenvalue weighted by molar-refractivity contribution is -1.000. The Morgan fingerprint density at radius 3 is 2.58 bits per heavy atom. The second-order valence-corrected chi connectivity index (χ2v) is 8.59. The van der Waals surface area contributed by atoms with Gasteiger partial charge in [-0.3, -0.25) is 4.79 Å². The van der Waals surface area contributed by atoms with Crippen molar-refractivity contribution in [2.75, 3.05) is 44.7 Å². The number of carbonyl (C=O) groups excluding carboxylic acids is 1. The standard InChI is InChI=1S/C20H31N3O/c1-15-6-7-18-17(12-15)16(2)13-20(3,4)23(18)19(24)14-22-10-8-21(5)9-11-22/h6-7,12,16H,8-11,13-14H2,1-5H3/p+2/t16-/m0/s1. The summed E-state index contributed by atoms with van der Waals surface area (Å²) in [7, 11) is 2.24. The van der Waals surface area contributed by atoms with Crippen LogP contribution in [0.2, 0.25) is 0 Å².